The van der Waals surface area contributed by atoms with Gasteiger partial charge in [0.15, 0.2) is 0 Å². The lowest BCUT2D eigenvalue weighted by Crippen LogP contribution is -2.36. The van der Waals surface area contributed by atoms with Crippen LogP contribution < -0.4 is 5.73 Å². The molecule has 0 aromatic heterocycles. The first kappa shape index (κ1) is 15.9. The second-order valence-corrected chi connectivity index (χ2v) is 6.07. The summed E-state index contributed by atoms with van der Waals surface area (Å²) in [6.07, 6.45) is 0. The number of nitrogen functional groups attached to an aromatic ring is 1. The average molecular weight is 288 g/mol. The zero-order chi connectivity index (χ0) is 14.5. The fourth-order valence-electron chi connectivity index (χ4n) is 1.70. The van der Waals surface area contributed by atoms with Crippen molar-refractivity contribution in [1.82, 2.24) is 4.31 Å². The molecular formula is C12H20N2O4S. The molecule has 0 atom stereocenters. The number of sulfonamides is 1. The van der Waals surface area contributed by atoms with Crippen LogP contribution >= 0.6 is 0 Å². The molecule has 1 rings (SSSR count). The van der Waals surface area contributed by atoms with E-state index in [1.807, 2.05) is 6.92 Å². The summed E-state index contributed by atoms with van der Waals surface area (Å²) in [5.41, 5.74) is 6.87. The van der Waals surface area contributed by atoms with Crippen LogP contribution in [0.15, 0.2) is 23.1 Å². The van der Waals surface area contributed by atoms with Crippen molar-refractivity contribution in [3.8, 4) is 0 Å². The monoisotopic (exact) mass is 288 g/mol. The maximum Gasteiger partial charge on any atom is 0.245 e. The smallest absolute Gasteiger partial charge is 0.245 e. The minimum atomic E-state index is -3.71. The van der Waals surface area contributed by atoms with E-state index in [0.717, 1.165) is 9.87 Å². The highest BCUT2D eigenvalue weighted by atomic mass is 32.2. The van der Waals surface area contributed by atoms with Gasteiger partial charge in [-0.15, -0.1) is 0 Å². The molecule has 0 amide bonds. The topological polar surface area (TPSA) is 92.9 Å². The fraction of sp³-hybridized carbons (Fsp3) is 0.500. The van der Waals surface area contributed by atoms with Crippen LogP contribution in [0.5, 0.6) is 0 Å². The molecule has 0 saturated heterocycles. The first-order valence-electron chi connectivity index (χ1n) is 5.89. The van der Waals surface area contributed by atoms with Crippen LogP contribution in [0.3, 0.4) is 0 Å². The second-order valence-electron chi connectivity index (χ2n) is 4.16. The Balaban J connectivity index is 3.11. The van der Waals surface area contributed by atoms with Gasteiger partial charge in [-0.2, -0.15) is 4.31 Å². The Morgan fingerprint density at radius 1 is 1.37 bits per heavy atom. The third kappa shape index (κ3) is 3.90. The molecule has 0 radical (unpaired) electrons. The Bertz CT molecular complexity index is 516. The van der Waals surface area contributed by atoms with E-state index in [0.29, 0.717) is 0 Å². The summed E-state index contributed by atoms with van der Waals surface area (Å²) in [4.78, 5) is 0.0580. The van der Waals surface area contributed by atoms with Crippen molar-refractivity contribution in [3.05, 3.63) is 23.8 Å². The Kier molecular flexibility index (Phi) is 5.74. The first-order valence-corrected chi connectivity index (χ1v) is 7.33. The van der Waals surface area contributed by atoms with Gasteiger partial charge in [-0.1, -0.05) is 6.07 Å². The minimum absolute atomic E-state index is 0.0129. The standard InChI is InChI=1S/C12H20N2O4S/c1-10-3-4-12(11(13)9-10)19(16,17)14(5-7-15)6-8-18-2/h3-4,9,15H,5-8,13H2,1-2H3. The van der Waals surface area contributed by atoms with Gasteiger partial charge in [0, 0.05) is 20.2 Å². The number of aliphatic hydroxyl groups is 1. The molecule has 0 heterocycles. The van der Waals surface area contributed by atoms with Gasteiger partial charge in [0.25, 0.3) is 0 Å². The second kappa shape index (κ2) is 6.85. The summed E-state index contributed by atoms with van der Waals surface area (Å²) in [6.45, 7) is 2.02. The summed E-state index contributed by atoms with van der Waals surface area (Å²) >= 11 is 0. The Morgan fingerprint density at radius 2 is 2.05 bits per heavy atom. The van der Waals surface area contributed by atoms with Gasteiger partial charge in [-0.05, 0) is 24.6 Å². The normalized spacial score (nSPS) is 12.0. The number of benzene rings is 1. The van der Waals surface area contributed by atoms with Gasteiger partial charge in [0.1, 0.15) is 4.90 Å². The molecule has 1 aromatic rings. The third-order valence-electron chi connectivity index (χ3n) is 2.68. The molecule has 0 bridgehead atoms. The molecule has 0 aliphatic heterocycles. The van der Waals surface area contributed by atoms with Crippen molar-refractivity contribution in [1.29, 1.82) is 0 Å². The summed E-state index contributed by atoms with van der Waals surface area (Å²) in [7, 11) is -2.22. The maximum absolute atomic E-state index is 12.4. The molecule has 0 spiro atoms. The summed E-state index contributed by atoms with van der Waals surface area (Å²) in [5, 5.41) is 8.98. The van der Waals surface area contributed by atoms with Crippen LogP contribution in [0.1, 0.15) is 5.56 Å². The molecule has 0 unspecified atom stereocenters. The molecule has 0 saturated carbocycles. The molecular weight excluding hydrogens is 268 g/mol. The molecule has 3 N–H and O–H groups in total. The van der Waals surface area contributed by atoms with Crippen LogP contribution in [-0.4, -0.2) is 51.2 Å². The number of hydrogen-bond acceptors (Lipinski definition) is 5. The lowest BCUT2D eigenvalue weighted by Gasteiger charge is -2.21. The number of anilines is 1. The van der Waals surface area contributed by atoms with Crippen molar-refractivity contribution < 1.29 is 18.3 Å². The third-order valence-corrected chi connectivity index (χ3v) is 4.65. The van der Waals surface area contributed by atoms with Crippen molar-refractivity contribution in [3.63, 3.8) is 0 Å². The fourth-order valence-corrected chi connectivity index (χ4v) is 3.21. The zero-order valence-corrected chi connectivity index (χ0v) is 12.0. The number of aryl methyl sites for hydroxylation is 1. The number of nitrogens with two attached hydrogens (primary N) is 1. The Labute approximate surface area is 113 Å². The molecule has 19 heavy (non-hydrogen) atoms. The van der Waals surface area contributed by atoms with Gasteiger partial charge in [-0.3, -0.25) is 0 Å². The van der Waals surface area contributed by atoms with E-state index >= 15 is 0 Å². The largest absolute Gasteiger partial charge is 0.398 e. The number of rotatable bonds is 7. The highest BCUT2D eigenvalue weighted by molar-refractivity contribution is 7.89. The molecule has 0 fully saturated rings. The predicted octanol–water partition coefficient (Wildman–Crippen LogP) is 0.207. The predicted molar refractivity (Wildman–Crippen MR) is 73.3 cm³/mol. The number of aliphatic hydroxyl groups excluding tert-OH is 1. The average Bonchev–Trinajstić information content (AvgIpc) is 2.33. The molecule has 0 aliphatic rings. The lowest BCUT2D eigenvalue weighted by atomic mass is 10.2. The molecule has 1 aromatic carbocycles. The SMILES string of the molecule is COCCN(CCO)S(=O)(=O)c1ccc(C)cc1N. The van der Waals surface area contributed by atoms with E-state index in [1.165, 1.54) is 13.2 Å². The lowest BCUT2D eigenvalue weighted by molar-refractivity contribution is 0.168. The molecule has 6 nitrogen and oxygen atoms in total. The highest BCUT2D eigenvalue weighted by Crippen LogP contribution is 2.23. The van der Waals surface area contributed by atoms with Gasteiger partial charge in [0.2, 0.25) is 10.0 Å². The first-order chi connectivity index (χ1) is 8.93. The van der Waals surface area contributed by atoms with Gasteiger partial charge in [-0.25, -0.2) is 8.42 Å². The van der Waals surface area contributed by atoms with Gasteiger partial charge >= 0.3 is 0 Å². The Hall–Kier alpha value is -1.15. The van der Waals surface area contributed by atoms with Gasteiger partial charge < -0.3 is 15.6 Å². The molecule has 7 heteroatoms. The number of ether oxygens (including phenoxy) is 1. The zero-order valence-electron chi connectivity index (χ0n) is 11.2. The summed E-state index contributed by atoms with van der Waals surface area (Å²) in [6, 6.07) is 4.79. The van der Waals surface area contributed by atoms with E-state index in [2.05, 4.69) is 0 Å². The van der Waals surface area contributed by atoms with E-state index in [-0.39, 0.29) is 36.9 Å². The van der Waals surface area contributed by atoms with E-state index < -0.39 is 10.0 Å². The van der Waals surface area contributed by atoms with Crippen LogP contribution in [0.25, 0.3) is 0 Å². The van der Waals surface area contributed by atoms with Crippen molar-refractivity contribution in [2.45, 2.75) is 11.8 Å². The van der Waals surface area contributed by atoms with Crippen molar-refractivity contribution in [2.75, 3.05) is 39.1 Å². The van der Waals surface area contributed by atoms with Crippen LogP contribution in [0, 0.1) is 6.92 Å². The molecule has 0 aliphatic carbocycles. The number of hydrogen-bond donors (Lipinski definition) is 2. The van der Waals surface area contributed by atoms with Crippen molar-refractivity contribution >= 4 is 15.7 Å². The number of nitrogens with zero attached hydrogens (tertiary/aromatic N) is 1. The highest BCUT2D eigenvalue weighted by Gasteiger charge is 2.25. The number of methoxy groups -OCH3 is 1. The molecule has 108 valence electrons. The van der Waals surface area contributed by atoms with E-state index in [4.69, 9.17) is 15.6 Å². The summed E-state index contributed by atoms with van der Waals surface area (Å²) in [5.74, 6) is 0. The van der Waals surface area contributed by atoms with E-state index in [9.17, 15) is 8.42 Å². The van der Waals surface area contributed by atoms with Crippen LogP contribution in [0.4, 0.5) is 5.69 Å². The van der Waals surface area contributed by atoms with Crippen LogP contribution in [0.2, 0.25) is 0 Å². The van der Waals surface area contributed by atoms with E-state index in [1.54, 1.807) is 12.1 Å². The van der Waals surface area contributed by atoms with Crippen molar-refractivity contribution in [2.24, 2.45) is 0 Å². The van der Waals surface area contributed by atoms with Crippen LogP contribution in [-0.2, 0) is 14.8 Å². The summed E-state index contributed by atoms with van der Waals surface area (Å²) < 4.78 is 30.9. The maximum atomic E-state index is 12.4. The minimum Gasteiger partial charge on any atom is -0.398 e. The Morgan fingerprint density at radius 3 is 2.58 bits per heavy atom. The van der Waals surface area contributed by atoms with Gasteiger partial charge in [0.05, 0.1) is 18.9 Å². The quantitative estimate of drug-likeness (QED) is 0.700.